The minimum absolute atomic E-state index is 0.318. The molecule has 0 saturated carbocycles. The van der Waals surface area contributed by atoms with Gasteiger partial charge in [0.2, 0.25) is 11.7 Å². The molecule has 0 spiro atoms. The molecule has 0 aromatic heterocycles. The van der Waals surface area contributed by atoms with Crippen LogP contribution in [0.3, 0.4) is 0 Å². The lowest BCUT2D eigenvalue weighted by Gasteiger charge is -2.12. The number of hydrogen-bond donors (Lipinski definition) is 1. The van der Waals surface area contributed by atoms with Crippen LogP contribution in [0.5, 0.6) is 17.2 Å². The van der Waals surface area contributed by atoms with E-state index in [-0.39, 0.29) is 11.9 Å². The van der Waals surface area contributed by atoms with Gasteiger partial charge in [-0.25, -0.2) is 4.79 Å². The smallest absolute Gasteiger partial charge is 0.338 e. The van der Waals surface area contributed by atoms with Crippen molar-refractivity contribution in [1.29, 1.82) is 0 Å². The fraction of sp³-hybridized carbons (Fsp3) is 0.304. The van der Waals surface area contributed by atoms with Gasteiger partial charge in [-0.15, -0.1) is 0 Å². The number of nitrogens with one attached hydrogen (secondary N) is 1. The van der Waals surface area contributed by atoms with Gasteiger partial charge in [0.1, 0.15) is 0 Å². The third kappa shape index (κ3) is 6.27. The van der Waals surface area contributed by atoms with Crippen LogP contribution in [0.1, 0.15) is 35.7 Å². The zero-order valence-electron chi connectivity index (χ0n) is 17.7. The summed E-state index contributed by atoms with van der Waals surface area (Å²) in [6, 6.07) is 10.0. The molecule has 2 aromatic rings. The van der Waals surface area contributed by atoms with Gasteiger partial charge in [-0.05, 0) is 54.5 Å². The maximum absolute atomic E-state index is 12.2. The maximum atomic E-state index is 12.2. The Balaban J connectivity index is 2.02. The molecule has 0 fully saturated rings. The van der Waals surface area contributed by atoms with Crippen LogP contribution < -0.4 is 19.5 Å². The standard InChI is InChI=1S/C23H27NO6/c1-5-6-13-30-23(26)17-8-10-18(11-9-17)24-21(25)12-7-16-14-19(27-2)22(29-4)20(15-16)28-3/h7-12,14-15H,5-6,13H2,1-4H3,(H,24,25). The molecule has 2 aromatic carbocycles. The SMILES string of the molecule is CCCCOC(=O)c1ccc(NC(=O)C=Cc2cc(OC)c(OC)c(OC)c2)cc1. The summed E-state index contributed by atoms with van der Waals surface area (Å²) in [6.45, 7) is 2.43. The quantitative estimate of drug-likeness (QED) is 0.355. The van der Waals surface area contributed by atoms with Gasteiger partial charge in [0, 0.05) is 11.8 Å². The summed E-state index contributed by atoms with van der Waals surface area (Å²) in [5.74, 6) is 0.789. The van der Waals surface area contributed by atoms with Gasteiger partial charge in [0.15, 0.2) is 11.5 Å². The molecular weight excluding hydrogens is 386 g/mol. The van der Waals surface area contributed by atoms with Gasteiger partial charge in [-0.1, -0.05) is 13.3 Å². The summed E-state index contributed by atoms with van der Waals surface area (Å²) in [4.78, 5) is 24.1. The number of unbranched alkanes of at least 4 members (excludes halogenated alkanes) is 1. The second kappa shape index (κ2) is 11.5. The lowest BCUT2D eigenvalue weighted by atomic mass is 10.1. The number of methoxy groups -OCH3 is 3. The number of anilines is 1. The number of amides is 1. The zero-order chi connectivity index (χ0) is 21.9. The minimum atomic E-state index is -0.372. The van der Waals surface area contributed by atoms with Crippen LogP contribution in [0, 0.1) is 0 Å². The summed E-state index contributed by atoms with van der Waals surface area (Å²) < 4.78 is 21.1. The molecule has 30 heavy (non-hydrogen) atoms. The lowest BCUT2D eigenvalue weighted by Crippen LogP contribution is -2.09. The van der Waals surface area contributed by atoms with Crippen molar-refractivity contribution in [2.45, 2.75) is 19.8 Å². The summed E-state index contributed by atoms with van der Waals surface area (Å²) in [6.07, 6.45) is 4.83. The second-order valence-corrected chi connectivity index (χ2v) is 6.35. The molecule has 0 saturated heterocycles. The van der Waals surface area contributed by atoms with E-state index in [1.807, 2.05) is 6.92 Å². The third-order valence-electron chi connectivity index (χ3n) is 4.23. The first kappa shape index (κ1) is 22.8. The van der Waals surface area contributed by atoms with Crippen molar-refractivity contribution in [2.75, 3.05) is 33.3 Å². The van der Waals surface area contributed by atoms with Gasteiger partial charge >= 0.3 is 5.97 Å². The Kier molecular flexibility index (Phi) is 8.75. The highest BCUT2D eigenvalue weighted by atomic mass is 16.5. The fourth-order valence-electron chi connectivity index (χ4n) is 2.64. The van der Waals surface area contributed by atoms with E-state index < -0.39 is 0 Å². The topological polar surface area (TPSA) is 83.1 Å². The van der Waals surface area contributed by atoms with Crippen LogP contribution in [0.4, 0.5) is 5.69 Å². The molecule has 0 aliphatic carbocycles. The molecule has 7 heteroatoms. The second-order valence-electron chi connectivity index (χ2n) is 6.35. The van der Waals surface area contributed by atoms with Crippen LogP contribution in [0.2, 0.25) is 0 Å². The van der Waals surface area contributed by atoms with Gasteiger partial charge in [-0.3, -0.25) is 4.79 Å². The first-order chi connectivity index (χ1) is 14.5. The molecule has 1 amide bonds. The van der Waals surface area contributed by atoms with E-state index in [0.717, 1.165) is 12.8 Å². The van der Waals surface area contributed by atoms with E-state index in [2.05, 4.69) is 5.32 Å². The van der Waals surface area contributed by atoms with Crippen molar-refractivity contribution < 1.29 is 28.5 Å². The van der Waals surface area contributed by atoms with Gasteiger partial charge in [-0.2, -0.15) is 0 Å². The van der Waals surface area contributed by atoms with E-state index in [1.165, 1.54) is 27.4 Å². The Hall–Kier alpha value is -3.48. The van der Waals surface area contributed by atoms with Crippen molar-refractivity contribution in [1.82, 2.24) is 0 Å². The van der Waals surface area contributed by atoms with Crippen molar-refractivity contribution in [2.24, 2.45) is 0 Å². The molecule has 0 aliphatic rings. The fourth-order valence-corrected chi connectivity index (χ4v) is 2.64. The average Bonchev–Trinajstić information content (AvgIpc) is 2.77. The first-order valence-electron chi connectivity index (χ1n) is 9.58. The zero-order valence-corrected chi connectivity index (χ0v) is 17.7. The van der Waals surface area contributed by atoms with Crippen LogP contribution in [0.25, 0.3) is 6.08 Å². The molecule has 0 heterocycles. The molecule has 0 atom stereocenters. The molecule has 0 unspecified atom stereocenters. The van der Waals surface area contributed by atoms with E-state index in [1.54, 1.807) is 42.5 Å². The maximum Gasteiger partial charge on any atom is 0.338 e. The Bertz CT molecular complexity index is 864. The van der Waals surface area contributed by atoms with E-state index in [0.29, 0.717) is 40.7 Å². The van der Waals surface area contributed by atoms with E-state index in [4.69, 9.17) is 18.9 Å². The number of carbonyl (C=O) groups is 2. The number of rotatable bonds is 10. The van der Waals surface area contributed by atoms with Crippen LogP contribution >= 0.6 is 0 Å². The molecule has 1 N–H and O–H groups in total. The summed E-state index contributed by atoms with van der Waals surface area (Å²) in [5, 5.41) is 2.75. The van der Waals surface area contributed by atoms with E-state index >= 15 is 0 Å². The largest absolute Gasteiger partial charge is 0.493 e. The molecule has 160 valence electrons. The van der Waals surface area contributed by atoms with Crippen LogP contribution in [-0.4, -0.2) is 39.8 Å². The van der Waals surface area contributed by atoms with Crippen molar-refractivity contribution in [3.05, 3.63) is 53.6 Å². The Morgan fingerprint density at radius 1 is 0.967 bits per heavy atom. The summed E-state index contributed by atoms with van der Waals surface area (Å²) in [5.41, 5.74) is 1.72. The number of hydrogen-bond acceptors (Lipinski definition) is 6. The van der Waals surface area contributed by atoms with Crippen LogP contribution in [-0.2, 0) is 9.53 Å². The highest BCUT2D eigenvalue weighted by molar-refractivity contribution is 6.02. The minimum Gasteiger partial charge on any atom is -0.493 e. The number of ether oxygens (including phenoxy) is 4. The highest BCUT2D eigenvalue weighted by Gasteiger charge is 2.12. The lowest BCUT2D eigenvalue weighted by molar-refractivity contribution is -0.111. The van der Waals surface area contributed by atoms with E-state index in [9.17, 15) is 9.59 Å². The first-order valence-corrected chi connectivity index (χ1v) is 9.58. The highest BCUT2D eigenvalue weighted by Crippen LogP contribution is 2.38. The monoisotopic (exact) mass is 413 g/mol. The normalized spacial score (nSPS) is 10.5. The Morgan fingerprint density at radius 3 is 2.13 bits per heavy atom. The molecule has 0 bridgehead atoms. The predicted molar refractivity (Wildman–Crippen MR) is 115 cm³/mol. The number of esters is 1. The van der Waals surface area contributed by atoms with Crippen molar-refractivity contribution >= 4 is 23.6 Å². The average molecular weight is 413 g/mol. The van der Waals surface area contributed by atoms with Crippen molar-refractivity contribution in [3.63, 3.8) is 0 Å². The van der Waals surface area contributed by atoms with Gasteiger partial charge < -0.3 is 24.3 Å². The van der Waals surface area contributed by atoms with Crippen LogP contribution in [0.15, 0.2) is 42.5 Å². The Labute approximate surface area is 176 Å². The molecule has 7 nitrogen and oxygen atoms in total. The van der Waals surface area contributed by atoms with Gasteiger partial charge in [0.25, 0.3) is 0 Å². The molecule has 0 aliphatic heterocycles. The third-order valence-corrected chi connectivity index (χ3v) is 4.23. The molecule has 2 rings (SSSR count). The predicted octanol–water partition coefficient (Wildman–Crippen LogP) is 4.32. The molecular formula is C23H27NO6. The Morgan fingerprint density at radius 2 is 1.60 bits per heavy atom. The summed E-state index contributed by atoms with van der Waals surface area (Å²) in [7, 11) is 4.58. The summed E-state index contributed by atoms with van der Waals surface area (Å²) >= 11 is 0. The van der Waals surface area contributed by atoms with Crippen molar-refractivity contribution in [3.8, 4) is 17.2 Å². The number of carbonyl (C=O) groups excluding carboxylic acids is 2. The molecule has 0 radical (unpaired) electrons. The van der Waals surface area contributed by atoms with Gasteiger partial charge in [0.05, 0.1) is 33.5 Å². The number of benzene rings is 2.